The first-order valence-electron chi connectivity index (χ1n) is 8.19. The molecule has 0 fully saturated rings. The highest BCUT2D eigenvalue weighted by atomic mass is 31.2. The molecular formula is C19H20NO4P. The van der Waals surface area contributed by atoms with Crippen LogP contribution in [0.5, 0.6) is 0 Å². The summed E-state index contributed by atoms with van der Waals surface area (Å²) in [5.41, 5.74) is 2.21. The number of hydrogen-bond acceptors (Lipinski definition) is 5. The average Bonchev–Trinajstić information content (AvgIpc) is 3.10. The molecule has 6 heteroatoms. The van der Waals surface area contributed by atoms with E-state index in [4.69, 9.17) is 13.5 Å². The Morgan fingerprint density at radius 1 is 0.880 bits per heavy atom. The summed E-state index contributed by atoms with van der Waals surface area (Å²) in [6.07, 6.45) is 0. The van der Waals surface area contributed by atoms with Crippen LogP contribution in [0.25, 0.3) is 22.7 Å². The third-order valence-corrected chi connectivity index (χ3v) is 5.52. The van der Waals surface area contributed by atoms with Crippen molar-refractivity contribution in [2.45, 2.75) is 13.8 Å². The molecule has 3 aromatic rings. The second kappa shape index (κ2) is 7.79. The Hall–Kier alpha value is -2.20. The molecule has 25 heavy (non-hydrogen) atoms. The molecule has 0 saturated carbocycles. The summed E-state index contributed by atoms with van der Waals surface area (Å²) in [6, 6.07) is 18.9. The monoisotopic (exact) mass is 357 g/mol. The third kappa shape index (κ3) is 3.74. The molecular weight excluding hydrogens is 337 g/mol. The summed E-state index contributed by atoms with van der Waals surface area (Å²) in [6.45, 7) is 4.02. The van der Waals surface area contributed by atoms with Crippen LogP contribution in [0.15, 0.2) is 65.1 Å². The molecule has 0 aliphatic heterocycles. The first kappa shape index (κ1) is 17.6. The van der Waals surface area contributed by atoms with Crippen molar-refractivity contribution < 1.29 is 18.0 Å². The summed E-state index contributed by atoms with van der Waals surface area (Å²) in [5, 5.41) is 0. The van der Waals surface area contributed by atoms with E-state index in [1.807, 2.05) is 60.7 Å². The number of nitrogens with zero attached hydrogens (tertiary/aromatic N) is 1. The Balaban J connectivity index is 2.18. The Morgan fingerprint density at radius 2 is 1.40 bits per heavy atom. The minimum Gasteiger partial charge on any atom is -0.427 e. The summed E-state index contributed by atoms with van der Waals surface area (Å²) in [5.74, 6) is 0.383. The average molecular weight is 357 g/mol. The van der Waals surface area contributed by atoms with Gasteiger partial charge in [-0.15, -0.1) is 0 Å². The van der Waals surface area contributed by atoms with Gasteiger partial charge in [-0.3, -0.25) is 4.57 Å². The Labute approximate surface area is 147 Å². The fraction of sp³-hybridized carbons (Fsp3) is 0.211. The van der Waals surface area contributed by atoms with Crippen molar-refractivity contribution in [2.24, 2.45) is 0 Å². The van der Waals surface area contributed by atoms with E-state index in [-0.39, 0.29) is 18.7 Å². The van der Waals surface area contributed by atoms with Crippen molar-refractivity contribution >= 4 is 13.1 Å². The minimum absolute atomic E-state index is 0.140. The van der Waals surface area contributed by atoms with Crippen LogP contribution in [0.1, 0.15) is 13.8 Å². The summed E-state index contributed by atoms with van der Waals surface area (Å²) in [4.78, 5) is 4.58. The number of benzene rings is 2. The van der Waals surface area contributed by atoms with Crippen molar-refractivity contribution in [3.8, 4) is 22.7 Å². The van der Waals surface area contributed by atoms with E-state index in [1.54, 1.807) is 13.8 Å². The maximum Gasteiger partial charge on any atom is 0.398 e. The van der Waals surface area contributed by atoms with Gasteiger partial charge in [0.15, 0.2) is 0 Å². The zero-order chi connectivity index (χ0) is 17.7. The zero-order valence-electron chi connectivity index (χ0n) is 14.2. The lowest BCUT2D eigenvalue weighted by Crippen LogP contribution is -2.11. The quantitative estimate of drug-likeness (QED) is 0.563. The molecule has 0 spiro atoms. The summed E-state index contributed by atoms with van der Waals surface area (Å²) in [7, 11) is -3.60. The first-order valence-corrected chi connectivity index (χ1v) is 9.73. The Bertz CT molecular complexity index is 852. The molecule has 2 aromatic carbocycles. The molecule has 130 valence electrons. The van der Waals surface area contributed by atoms with Gasteiger partial charge < -0.3 is 13.5 Å². The molecule has 0 aliphatic carbocycles. The predicted octanol–water partition coefficient (Wildman–Crippen LogP) is 4.90. The van der Waals surface area contributed by atoms with E-state index in [2.05, 4.69) is 4.98 Å². The maximum atomic E-state index is 13.3. The van der Waals surface area contributed by atoms with Crippen LogP contribution in [0.4, 0.5) is 0 Å². The molecule has 3 rings (SSSR count). The van der Waals surface area contributed by atoms with E-state index in [0.29, 0.717) is 11.6 Å². The molecule has 0 unspecified atom stereocenters. The van der Waals surface area contributed by atoms with E-state index in [0.717, 1.165) is 11.1 Å². The molecule has 0 N–H and O–H groups in total. The van der Waals surface area contributed by atoms with Gasteiger partial charge in [-0.1, -0.05) is 48.5 Å². The molecule has 0 aliphatic rings. The molecule has 0 atom stereocenters. The van der Waals surface area contributed by atoms with Gasteiger partial charge in [0.2, 0.25) is 11.4 Å². The van der Waals surface area contributed by atoms with Gasteiger partial charge in [-0.25, -0.2) is 4.98 Å². The van der Waals surface area contributed by atoms with Crippen molar-refractivity contribution in [1.29, 1.82) is 0 Å². The molecule has 5 nitrogen and oxygen atoms in total. The molecule has 0 radical (unpaired) electrons. The molecule has 0 bridgehead atoms. The maximum absolute atomic E-state index is 13.3. The molecule has 0 saturated heterocycles. The van der Waals surface area contributed by atoms with E-state index >= 15 is 0 Å². The lowest BCUT2D eigenvalue weighted by molar-refractivity contribution is 0.225. The van der Waals surface area contributed by atoms with Crippen molar-refractivity contribution in [1.82, 2.24) is 4.98 Å². The number of hydrogen-bond donors (Lipinski definition) is 0. The SMILES string of the molecule is CCOP(=O)(OCC)c1oc(-c2ccccc2)nc1-c1ccccc1. The van der Waals surface area contributed by atoms with Crippen LogP contribution in [0.3, 0.4) is 0 Å². The smallest absolute Gasteiger partial charge is 0.398 e. The number of rotatable bonds is 7. The molecule has 1 aromatic heterocycles. The lowest BCUT2D eigenvalue weighted by Gasteiger charge is -2.15. The van der Waals surface area contributed by atoms with Gasteiger partial charge in [0.25, 0.3) is 0 Å². The topological polar surface area (TPSA) is 61.6 Å². The van der Waals surface area contributed by atoms with Crippen molar-refractivity contribution in [3.63, 3.8) is 0 Å². The van der Waals surface area contributed by atoms with E-state index < -0.39 is 7.60 Å². The normalized spacial score (nSPS) is 11.6. The number of oxazole rings is 1. The Kier molecular flexibility index (Phi) is 5.49. The third-order valence-electron chi connectivity index (χ3n) is 3.52. The van der Waals surface area contributed by atoms with Crippen molar-refractivity contribution in [3.05, 3.63) is 60.7 Å². The molecule has 1 heterocycles. The van der Waals surface area contributed by atoms with Gasteiger partial charge in [-0.05, 0) is 26.0 Å². The minimum atomic E-state index is -3.60. The van der Waals surface area contributed by atoms with Crippen LogP contribution in [0, 0.1) is 0 Å². The lowest BCUT2D eigenvalue weighted by atomic mass is 10.2. The number of aromatic nitrogens is 1. The van der Waals surface area contributed by atoms with Gasteiger partial charge in [-0.2, -0.15) is 0 Å². The van der Waals surface area contributed by atoms with E-state index in [1.165, 1.54) is 0 Å². The first-order chi connectivity index (χ1) is 12.2. The highest BCUT2D eigenvalue weighted by molar-refractivity contribution is 7.62. The van der Waals surface area contributed by atoms with Gasteiger partial charge in [0.05, 0.1) is 13.2 Å². The Morgan fingerprint density at radius 3 is 1.92 bits per heavy atom. The van der Waals surface area contributed by atoms with Gasteiger partial charge >= 0.3 is 7.60 Å². The zero-order valence-corrected chi connectivity index (χ0v) is 15.1. The van der Waals surface area contributed by atoms with Crippen LogP contribution in [0.2, 0.25) is 0 Å². The summed E-state index contributed by atoms with van der Waals surface area (Å²) >= 11 is 0. The largest absolute Gasteiger partial charge is 0.427 e. The molecule has 0 amide bonds. The van der Waals surface area contributed by atoms with Gasteiger partial charge in [0, 0.05) is 11.1 Å². The highest BCUT2D eigenvalue weighted by Crippen LogP contribution is 2.50. The van der Waals surface area contributed by atoms with Crippen LogP contribution in [-0.4, -0.2) is 18.2 Å². The van der Waals surface area contributed by atoms with Crippen molar-refractivity contribution in [2.75, 3.05) is 13.2 Å². The van der Waals surface area contributed by atoms with Crippen LogP contribution >= 0.6 is 7.60 Å². The van der Waals surface area contributed by atoms with Gasteiger partial charge in [0.1, 0.15) is 5.69 Å². The standard InChI is InChI=1S/C19H20NO4P/c1-3-22-25(21,23-4-2)19-17(15-11-7-5-8-12-15)20-18(24-19)16-13-9-6-10-14-16/h5-14H,3-4H2,1-2H3. The highest BCUT2D eigenvalue weighted by Gasteiger charge is 2.36. The second-order valence-electron chi connectivity index (χ2n) is 5.24. The fourth-order valence-electron chi connectivity index (χ4n) is 2.48. The van der Waals surface area contributed by atoms with E-state index in [9.17, 15) is 4.57 Å². The second-order valence-corrected chi connectivity index (χ2v) is 7.16. The fourth-order valence-corrected chi connectivity index (χ4v) is 4.11. The van der Waals surface area contributed by atoms with Crippen LogP contribution in [-0.2, 0) is 13.6 Å². The van der Waals surface area contributed by atoms with Crippen LogP contribution < -0.4 is 5.50 Å². The predicted molar refractivity (Wildman–Crippen MR) is 97.9 cm³/mol. The summed E-state index contributed by atoms with van der Waals surface area (Å²) < 4.78 is 30.1.